The van der Waals surface area contributed by atoms with Gasteiger partial charge in [-0.15, -0.1) is 0 Å². The number of alkyl halides is 2. The molecule has 0 radical (unpaired) electrons. The van der Waals surface area contributed by atoms with Gasteiger partial charge in [0.25, 0.3) is 6.43 Å². The van der Waals surface area contributed by atoms with E-state index in [1.165, 1.54) is 12.1 Å². The van der Waals surface area contributed by atoms with Gasteiger partial charge in [-0.2, -0.15) is 0 Å². The molecule has 0 aliphatic rings. The monoisotopic (exact) mass is 244 g/mol. The first-order valence-corrected chi connectivity index (χ1v) is 5.30. The van der Waals surface area contributed by atoms with Crippen LogP contribution < -0.4 is 0 Å². The summed E-state index contributed by atoms with van der Waals surface area (Å²) in [5, 5.41) is 9.50. The molecular formula is C12H14F2O3. The molecule has 3 nitrogen and oxygen atoms in total. The van der Waals surface area contributed by atoms with Crippen LogP contribution in [0.2, 0.25) is 0 Å². The highest BCUT2D eigenvalue weighted by Crippen LogP contribution is 2.26. The van der Waals surface area contributed by atoms with Gasteiger partial charge in [-0.1, -0.05) is 12.1 Å². The fourth-order valence-corrected chi connectivity index (χ4v) is 1.40. The smallest absolute Gasteiger partial charge is 0.306 e. The zero-order valence-electron chi connectivity index (χ0n) is 9.45. The van der Waals surface area contributed by atoms with E-state index >= 15 is 0 Å². The topological polar surface area (TPSA) is 46.5 Å². The summed E-state index contributed by atoms with van der Waals surface area (Å²) in [4.78, 5) is 11.1. The lowest BCUT2D eigenvalue weighted by molar-refractivity contribution is -0.143. The maximum absolute atomic E-state index is 12.3. The molecule has 0 unspecified atom stereocenters. The quantitative estimate of drug-likeness (QED) is 0.810. The van der Waals surface area contributed by atoms with E-state index in [0.29, 0.717) is 12.2 Å². The van der Waals surface area contributed by atoms with Crippen molar-refractivity contribution in [1.29, 1.82) is 0 Å². The molecule has 5 heteroatoms. The highest BCUT2D eigenvalue weighted by molar-refractivity contribution is 5.69. The molecule has 0 heterocycles. The Morgan fingerprint density at radius 1 is 1.47 bits per heavy atom. The van der Waals surface area contributed by atoms with Crippen molar-refractivity contribution < 1.29 is 23.4 Å². The van der Waals surface area contributed by atoms with E-state index in [0.717, 1.165) is 6.07 Å². The van der Waals surface area contributed by atoms with Gasteiger partial charge in [0.2, 0.25) is 0 Å². The fraction of sp³-hybridized carbons (Fsp3) is 0.417. The number of benzene rings is 1. The molecule has 0 aliphatic heterocycles. The van der Waals surface area contributed by atoms with Crippen molar-refractivity contribution in [3.63, 3.8) is 0 Å². The van der Waals surface area contributed by atoms with Crippen LogP contribution in [0.25, 0.3) is 0 Å². The SMILES string of the molecule is CCOC(=O)CCc1ccc(C(F)F)cc1O. The van der Waals surface area contributed by atoms with E-state index in [4.69, 9.17) is 4.74 Å². The second kappa shape index (κ2) is 6.18. The summed E-state index contributed by atoms with van der Waals surface area (Å²) >= 11 is 0. The lowest BCUT2D eigenvalue weighted by Gasteiger charge is -2.06. The first-order chi connectivity index (χ1) is 8.04. The molecule has 0 bridgehead atoms. The summed E-state index contributed by atoms with van der Waals surface area (Å²) < 4.78 is 29.3. The third-order valence-electron chi connectivity index (χ3n) is 2.27. The number of carbonyl (C=O) groups excluding carboxylic acids is 1. The van der Waals surface area contributed by atoms with E-state index in [2.05, 4.69) is 0 Å². The zero-order valence-corrected chi connectivity index (χ0v) is 9.45. The molecule has 0 saturated heterocycles. The number of aromatic hydroxyl groups is 1. The lowest BCUT2D eigenvalue weighted by atomic mass is 10.1. The number of hydrogen-bond donors (Lipinski definition) is 1. The van der Waals surface area contributed by atoms with Gasteiger partial charge >= 0.3 is 5.97 Å². The van der Waals surface area contributed by atoms with Crippen LogP contribution >= 0.6 is 0 Å². The molecule has 0 aromatic heterocycles. The largest absolute Gasteiger partial charge is 0.508 e. The predicted octanol–water partition coefficient (Wildman–Crippen LogP) is 2.83. The molecule has 0 atom stereocenters. The van der Waals surface area contributed by atoms with Gasteiger partial charge in [0.05, 0.1) is 6.61 Å². The van der Waals surface area contributed by atoms with Crippen LogP contribution in [0.4, 0.5) is 8.78 Å². The van der Waals surface area contributed by atoms with Crippen molar-refractivity contribution in [2.24, 2.45) is 0 Å². The van der Waals surface area contributed by atoms with Crippen LogP contribution in [0.15, 0.2) is 18.2 Å². The van der Waals surface area contributed by atoms with Gasteiger partial charge in [-0.3, -0.25) is 4.79 Å². The van der Waals surface area contributed by atoms with Gasteiger partial charge in [-0.25, -0.2) is 8.78 Å². The standard InChI is InChI=1S/C12H14F2O3/c1-2-17-11(16)6-5-8-3-4-9(12(13)14)7-10(8)15/h3-4,7,12,15H,2,5-6H2,1H3. The number of carbonyl (C=O) groups is 1. The minimum absolute atomic E-state index is 0.120. The van der Waals surface area contributed by atoms with Crippen LogP contribution in [-0.2, 0) is 16.0 Å². The average Bonchev–Trinajstić information content (AvgIpc) is 2.27. The summed E-state index contributed by atoms with van der Waals surface area (Å²) in [6, 6.07) is 3.66. The van der Waals surface area contributed by atoms with E-state index in [1.807, 2.05) is 0 Å². The third-order valence-corrected chi connectivity index (χ3v) is 2.27. The predicted molar refractivity (Wildman–Crippen MR) is 58.0 cm³/mol. The number of phenols is 1. The summed E-state index contributed by atoms with van der Waals surface area (Å²) in [5.41, 5.74) is 0.227. The molecule has 0 saturated carbocycles. The van der Waals surface area contributed by atoms with Gasteiger partial charge in [0.15, 0.2) is 0 Å². The molecule has 0 fully saturated rings. The van der Waals surface area contributed by atoms with Crippen LogP contribution in [0.1, 0.15) is 30.9 Å². The van der Waals surface area contributed by atoms with E-state index < -0.39 is 6.43 Å². The molecule has 94 valence electrons. The average molecular weight is 244 g/mol. The molecule has 0 aliphatic carbocycles. The highest BCUT2D eigenvalue weighted by atomic mass is 19.3. The summed E-state index contributed by atoms with van der Waals surface area (Å²) in [5.74, 6) is -0.586. The first-order valence-electron chi connectivity index (χ1n) is 5.30. The first kappa shape index (κ1) is 13.4. The molecule has 1 rings (SSSR count). The summed E-state index contributed by atoms with van der Waals surface area (Å²) in [7, 11) is 0. The van der Waals surface area contributed by atoms with Crippen molar-refractivity contribution in [2.45, 2.75) is 26.2 Å². The van der Waals surface area contributed by atoms with E-state index in [-0.39, 0.29) is 30.1 Å². The number of phenolic OH excluding ortho intramolecular Hbond substituents is 1. The van der Waals surface area contributed by atoms with Crippen LogP contribution in [-0.4, -0.2) is 17.7 Å². The number of rotatable bonds is 5. The van der Waals surface area contributed by atoms with Crippen molar-refractivity contribution in [1.82, 2.24) is 0 Å². The third kappa shape index (κ3) is 4.01. The second-order valence-corrected chi connectivity index (χ2v) is 3.49. The lowest BCUT2D eigenvalue weighted by Crippen LogP contribution is -2.05. The van der Waals surface area contributed by atoms with Gasteiger partial charge in [0.1, 0.15) is 5.75 Å². The minimum atomic E-state index is -2.61. The number of ether oxygens (including phenoxy) is 1. The Labute approximate surface area is 98.0 Å². The van der Waals surface area contributed by atoms with E-state index in [1.54, 1.807) is 6.92 Å². The molecule has 1 aromatic rings. The van der Waals surface area contributed by atoms with Crippen molar-refractivity contribution in [3.8, 4) is 5.75 Å². The molecular weight excluding hydrogens is 230 g/mol. The molecule has 0 amide bonds. The number of halogens is 2. The molecule has 17 heavy (non-hydrogen) atoms. The zero-order chi connectivity index (χ0) is 12.8. The van der Waals surface area contributed by atoms with Gasteiger partial charge in [0, 0.05) is 12.0 Å². The second-order valence-electron chi connectivity index (χ2n) is 3.49. The molecule has 0 spiro atoms. The summed E-state index contributed by atoms with van der Waals surface area (Å²) in [6.45, 7) is 2.00. The number of hydrogen-bond acceptors (Lipinski definition) is 3. The maximum Gasteiger partial charge on any atom is 0.306 e. The Bertz CT molecular complexity index is 391. The van der Waals surface area contributed by atoms with Crippen molar-refractivity contribution >= 4 is 5.97 Å². The van der Waals surface area contributed by atoms with Crippen molar-refractivity contribution in [3.05, 3.63) is 29.3 Å². The fourth-order valence-electron chi connectivity index (χ4n) is 1.40. The van der Waals surface area contributed by atoms with Crippen molar-refractivity contribution in [2.75, 3.05) is 6.61 Å². The minimum Gasteiger partial charge on any atom is -0.508 e. The van der Waals surface area contributed by atoms with Crippen LogP contribution in [0, 0.1) is 0 Å². The van der Waals surface area contributed by atoms with Gasteiger partial charge in [-0.05, 0) is 25.0 Å². The Morgan fingerprint density at radius 2 is 2.18 bits per heavy atom. The van der Waals surface area contributed by atoms with Crippen LogP contribution in [0.3, 0.4) is 0 Å². The van der Waals surface area contributed by atoms with Gasteiger partial charge < -0.3 is 9.84 Å². The molecule has 1 N–H and O–H groups in total. The molecule has 1 aromatic carbocycles. The Hall–Kier alpha value is -1.65. The highest BCUT2D eigenvalue weighted by Gasteiger charge is 2.11. The number of aryl methyl sites for hydroxylation is 1. The number of esters is 1. The van der Waals surface area contributed by atoms with Crippen LogP contribution in [0.5, 0.6) is 5.75 Å². The Balaban J connectivity index is 2.63. The normalized spacial score (nSPS) is 10.6. The summed E-state index contributed by atoms with van der Waals surface area (Å²) in [6.07, 6.45) is -2.22. The maximum atomic E-state index is 12.3. The van der Waals surface area contributed by atoms with E-state index in [9.17, 15) is 18.7 Å². The Morgan fingerprint density at radius 3 is 2.71 bits per heavy atom. The Kier molecular flexibility index (Phi) is 4.87.